The standard InChI is InChI=1S/C32H41N7O3.C22H29N5O5/c1-3-4-8-14-34-30-29-27(35-31(33)36-30)13-15-39(29)22-26-12-11-25(20-28(26)41-2)21-37-16-18-38(19-17-37)32(40)42-23-24-9-6-5-7-10-24;23-12-5-4-8-16(21(24)31)26-22(32)17(14-15-6-2-1-3-7-15)25-18(28)11-13-27-19(29)9-10-20(27)30/h5-7,9-13,15,20H,3-4,8,14,16-19,21-23H2,1-2H3,(H3,33,34,35,36);1-3,6-7,9-10,16-17H,4-5,8,11-14,23H2,(H2,24,31)(H,25,28)(H,26,32)/t;16-,17+/m.1/s1. The summed E-state index contributed by atoms with van der Waals surface area (Å²) in [6.07, 6.45) is 9.13. The average Bonchev–Trinajstić information content (AvgIpc) is 3.96. The molecule has 5 aromatic rings. The molecule has 7 rings (SSSR count). The van der Waals surface area contributed by atoms with Crippen LogP contribution in [-0.2, 0) is 54.8 Å². The molecule has 20 heteroatoms. The molecule has 4 heterocycles. The molecule has 0 bridgehead atoms. The summed E-state index contributed by atoms with van der Waals surface area (Å²) in [7, 11) is 1.71. The van der Waals surface area contributed by atoms with Gasteiger partial charge in [0.25, 0.3) is 11.8 Å². The Bertz CT molecular complexity index is 2670. The number of nitrogens with zero attached hydrogens (tertiary/aromatic N) is 6. The molecule has 1 saturated heterocycles. The lowest BCUT2D eigenvalue weighted by atomic mass is 10.0. The summed E-state index contributed by atoms with van der Waals surface area (Å²) in [5, 5.41) is 8.71. The molecule has 6 amide bonds. The summed E-state index contributed by atoms with van der Waals surface area (Å²) in [6, 6.07) is 25.4. The first-order valence-corrected chi connectivity index (χ1v) is 25.2. The van der Waals surface area contributed by atoms with Crippen molar-refractivity contribution in [3.63, 3.8) is 0 Å². The first kappa shape index (κ1) is 55.5. The fourth-order valence-corrected chi connectivity index (χ4v) is 8.56. The summed E-state index contributed by atoms with van der Waals surface area (Å²) in [5.41, 5.74) is 22.7. The van der Waals surface area contributed by atoms with Crippen LogP contribution < -0.4 is 37.9 Å². The Morgan fingerprint density at radius 1 is 0.784 bits per heavy atom. The molecular formula is C54H70N12O8. The number of nitrogen functional groups attached to an aromatic ring is 1. The van der Waals surface area contributed by atoms with Crippen LogP contribution in [-0.4, -0.2) is 130 Å². The number of methoxy groups -OCH3 is 1. The van der Waals surface area contributed by atoms with E-state index in [1.165, 1.54) is 5.56 Å². The predicted molar refractivity (Wildman–Crippen MR) is 282 cm³/mol. The van der Waals surface area contributed by atoms with Gasteiger partial charge in [-0.05, 0) is 61.1 Å². The molecule has 3 aromatic carbocycles. The van der Waals surface area contributed by atoms with Gasteiger partial charge in [0.15, 0.2) is 5.82 Å². The largest absolute Gasteiger partial charge is 0.496 e. The number of amides is 6. The zero-order valence-corrected chi connectivity index (χ0v) is 42.4. The molecule has 0 unspecified atom stereocenters. The van der Waals surface area contributed by atoms with Gasteiger partial charge in [-0.1, -0.05) is 92.6 Å². The van der Waals surface area contributed by atoms with Crippen LogP contribution in [0, 0.1) is 0 Å². The number of fused-ring (bicyclic) bond motifs is 1. The third-order valence-corrected chi connectivity index (χ3v) is 12.6. The van der Waals surface area contributed by atoms with Gasteiger partial charge in [-0.25, -0.2) is 9.78 Å². The second-order valence-corrected chi connectivity index (χ2v) is 18.2. The Hall–Kier alpha value is -7.84. The van der Waals surface area contributed by atoms with E-state index < -0.39 is 41.6 Å². The van der Waals surface area contributed by atoms with E-state index in [4.69, 9.17) is 26.7 Å². The summed E-state index contributed by atoms with van der Waals surface area (Å²) in [6.45, 7) is 7.96. The molecule has 2 atom stereocenters. The number of aromatic nitrogens is 3. The zero-order chi connectivity index (χ0) is 52.8. The number of rotatable bonds is 25. The van der Waals surface area contributed by atoms with E-state index in [2.05, 4.69) is 60.5 Å². The van der Waals surface area contributed by atoms with E-state index in [1.54, 1.807) is 12.0 Å². The molecule has 0 radical (unpaired) electrons. The minimum absolute atomic E-state index is 0.0980. The van der Waals surface area contributed by atoms with Gasteiger partial charge in [0, 0.05) is 82.6 Å². The maximum absolute atomic E-state index is 12.9. The van der Waals surface area contributed by atoms with E-state index in [1.807, 2.05) is 72.9 Å². The quantitative estimate of drug-likeness (QED) is 0.0353. The average molecular weight is 1020 g/mol. The van der Waals surface area contributed by atoms with Gasteiger partial charge in [0.05, 0.1) is 19.2 Å². The topological polar surface area (TPSA) is 275 Å². The number of imide groups is 1. The fourth-order valence-electron chi connectivity index (χ4n) is 8.56. The van der Waals surface area contributed by atoms with Crippen molar-refractivity contribution in [1.82, 2.24) is 39.9 Å². The number of hydrogen-bond donors (Lipinski definition) is 6. The monoisotopic (exact) mass is 1010 g/mol. The highest BCUT2D eigenvalue weighted by Crippen LogP contribution is 2.28. The van der Waals surface area contributed by atoms with Crippen LogP contribution in [0.4, 0.5) is 16.6 Å². The summed E-state index contributed by atoms with van der Waals surface area (Å²) in [5.74, 6) is -0.820. The maximum Gasteiger partial charge on any atom is 0.410 e. The molecule has 9 N–H and O–H groups in total. The third-order valence-electron chi connectivity index (χ3n) is 12.6. The summed E-state index contributed by atoms with van der Waals surface area (Å²) >= 11 is 0. The number of unbranched alkanes of at least 4 members (excludes halogenated alkanes) is 3. The number of nitrogens with two attached hydrogens (primary N) is 3. The number of anilines is 2. The zero-order valence-electron chi connectivity index (χ0n) is 42.4. The van der Waals surface area contributed by atoms with Gasteiger partial charge in [-0.2, -0.15) is 4.98 Å². The summed E-state index contributed by atoms with van der Waals surface area (Å²) < 4.78 is 13.5. The number of hydrogen-bond acceptors (Lipinski definition) is 14. The van der Waals surface area contributed by atoms with E-state index in [-0.39, 0.29) is 31.4 Å². The van der Waals surface area contributed by atoms with Crippen LogP contribution in [0.25, 0.3) is 11.0 Å². The number of benzene rings is 3. The van der Waals surface area contributed by atoms with Crippen molar-refractivity contribution >= 4 is 58.4 Å². The van der Waals surface area contributed by atoms with Crippen LogP contribution >= 0.6 is 0 Å². The lowest BCUT2D eigenvalue weighted by Gasteiger charge is -2.34. The SMILES string of the molecule is CCCCCNc1nc(N)nc2ccn(Cc3ccc(CN4CCN(C(=O)OCc5ccccc5)CC4)cc3OC)c12.NCCCC[C@@H](NC(=O)[C@H](Cc1ccccc1)NC(=O)CCN1C(=O)C=CC1=O)C(N)=O. The first-order valence-electron chi connectivity index (χ1n) is 25.2. The van der Waals surface area contributed by atoms with Crippen LogP contribution in [0.1, 0.15) is 74.1 Å². The Labute approximate surface area is 432 Å². The predicted octanol–water partition coefficient (Wildman–Crippen LogP) is 4.26. The van der Waals surface area contributed by atoms with Gasteiger partial charge in [-0.15, -0.1) is 0 Å². The molecule has 0 spiro atoms. The van der Waals surface area contributed by atoms with E-state index in [0.717, 1.165) is 102 Å². The number of carbonyl (C=O) groups is 6. The highest BCUT2D eigenvalue weighted by molar-refractivity contribution is 6.13. The van der Waals surface area contributed by atoms with Crippen molar-refractivity contribution in [2.24, 2.45) is 11.5 Å². The lowest BCUT2D eigenvalue weighted by molar-refractivity contribution is -0.137. The fraction of sp³-hybridized carbons (Fsp3) is 0.407. The number of piperazine rings is 1. The van der Waals surface area contributed by atoms with E-state index in [9.17, 15) is 28.8 Å². The molecule has 1 fully saturated rings. The van der Waals surface area contributed by atoms with Gasteiger partial charge in [-0.3, -0.25) is 33.8 Å². The van der Waals surface area contributed by atoms with Crippen molar-refractivity contribution in [2.45, 2.75) is 90.1 Å². The Kier molecular flexibility index (Phi) is 21.3. The number of nitrogens with one attached hydrogen (secondary N) is 3. The normalized spacial score (nSPS) is 14.3. The van der Waals surface area contributed by atoms with Crippen LogP contribution in [0.3, 0.4) is 0 Å². The third kappa shape index (κ3) is 16.6. The molecule has 0 aliphatic carbocycles. The molecule has 20 nitrogen and oxygen atoms in total. The lowest BCUT2D eigenvalue weighted by Crippen LogP contribution is -2.54. The van der Waals surface area contributed by atoms with Gasteiger partial charge in [0.2, 0.25) is 23.7 Å². The maximum atomic E-state index is 12.9. The van der Waals surface area contributed by atoms with Crippen LogP contribution in [0.2, 0.25) is 0 Å². The smallest absolute Gasteiger partial charge is 0.410 e. The Morgan fingerprint density at radius 3 is 2.15 bits per heavy atom. The van der Waals surface area contributed by atoms with Gasteiger partial charge >= 0.3 is 6.09 Å². The first-order chi connectivity index (χ1) is 35.8. The van der Waals surface area contributed by atoms with E-state index in [0.29, 0.717) is 52.0 Å². The molecule has 0 saturated carbocycles. The highest BCUT2D eigenvalue weighted by Gasteiger charge is 2.28. The Morgan fingerprint density at radius 2 is 1.49 bits per heavy atom. The second kappa shape index (κ2) is 28.4. The molecule has 2 aliphatic heterocycles. The van der Waals surface area contributed by atoms with Crippen molar-refractivity contribution in [3.8, 4) is 5.75 Å². The minimum atomic E-state index is -0.968. The molecule has 74 heavy (non-hydrogen) atoms. The van der Waals surface area contributed by atoms with Crippen molar-refractivity contribution in [2.75, 3.05) is 64.0 Å². The second-order valence-electron chi connectivity index (χ2n) is 18.2. The van der Waals surface area contributed by atoms with Gasteiger partial charge in [0.1, 0.15) is 30.0 Å². The van der Waals surface area contributed by atoms with Crippen LogP contribution in [0.15, 0.2) is 103 Å². The minimum Gasteiger partial charge on any atom is -0.496 e. The molecular weight excluding hydrogens is 945 g/mol. The van der Waals surface area contributed by atoms with E-state index >= 15 is 0 Å². The van der Waals surface area contributed by atoms with Crippen molar-refractivity contribution < 1.29 is 38.2 Å². The highest BCUT2D eigenvalue weighted by atomic mass is 16.6. The van der Waals surface area contributed by atoms with Crippen LogP contribution in [0.5, 0.6) is 5.75 Å². The van der Waals surface area contributed by atoms with Crippen molar-refractivity contribution in [1.29, 1.82) is 0 Å². The van der Waals surface area contributed by atoms with Gasteiger partial charge < -0.3 is 52.1 Å². The molecule has 394 valence electrons. The van der Waals surface area contributed by atoms with Crippen molar-refractivity contribution in [3.05, 3.63) is 126 Å². The number of carbonyl (C=O) groups excluding carboxylic acids is 6. The number of ether oxygens (including phenoxy) is 2. The number of primary amides is 1. The Balaban J connectivity index is 0.000000251. The summed E-state index contributed by atoms with van der Waals surface area (Å²) in [4.78, 5) is 87.0. The molecule has 2 aliphatic rings. The molecule has 2 aromatic heterocycles.